The van der Waals surface area contributed by atoms with Crippen molar-refractivity contribution in [3.63, 3.8) is 0 Å². The van der Waals surface area contributed by atoms with Crippen molar-refractivity contribution in [2.24, 2.45) is 0 Å². The predicted octanol–water partition coefficient (Wildman–Crippen LogP) is 0.560. The molecule has 3 N–H and O–H groups in total. The van der Waals surface area contributed by atoms with Crippen molar-refractivity contribution in [2.45, 2.75) is 26.3 Å². The minimum atomic E-state index is 0.213. The van der Waals surface area contributed by atoms with Gasteiger partial charge in [0.2, 0.25) is 0 Å². The monoisotopic (exact) mass is 226 g/mol. The Hall–Kier alpha value is -1.07. The summed E-state index contributed by atoms with van der Waals surface area (Å²) in [6.45, 7) is 5.88. The van der Waals surface area contributed by atoms with E-state index < -0.39 is 0 Å². The van der Waals surface area contributed by atoms with Crippen LogP contribution in [0.15, 0.2) is 12.4 Å². The molecule has 0 saturated carbocycles. The number of unbranched alkanes of at least 4 members (excludes halogenated alkanes) is 1. The lowest BCUT2D eigenvalue weighted by atomic mass is 10.3. The molecule has 16 heavy (non-hydrogen) atoms. The lowest BCUT2D eigenvalue weighted by Crippen LogP contribution is -2.31. The second kappa shape index (κ2) is 7.24. The van der Waals surface area contributed by atoms with Gasteiger partial charge < -0.3 is 10.8 Å². The van der Waals surface area contributed by atoms with E-state index in [1.165, 1.54) is 12.8 Å². The quantitative estimate of drug-likeness (QED) is 0.679. The number of nitrogens with two attached hydrogens (primary N) is 1. The van der Waals surface area contributed by atoms with Crippen LogP contribution in [0.2, 0.25) is 0 Å². The summed E-state index contributed by atoms with van der Waals surface area (Å²) >= 11 is 0. The Balaban J connectivity index is 2.30. The topological polar surface area (TPSA) is 67.3 Å². The van der Waals surface area contributed by atoms with Crippen LogP contribution in [0.1, 0.15) is 19.8 Å². The van der Waals surface area contributed by atoms with Gasteiger partial charge in [0.1, 0.15) is 0 Å². The van der Waals surface area contributed by atoms with Crippen molar-refractivity contribution < 1.29 is 5.11 Å². The SMILES string of the molecule is CCCCN(CCO)CCn1cc(N)cn1. The van der Waals surface area contributed by atoms with Crippen LogP contribution in [-0.4, -0.2) is 46.0 Å². The van der Waals surface area contributed by atoms with Gasteiger partial charge in [-0.05, 0) is 13.0 Å². The average Bonchev–Trinajstić information content (AvgIpc) is 2.68. The van der Waals surface area contributed by atoms with Crippen molar-refractivity contribution >= 4 is 5.69 Å². The van der Waals surface area contributed by atoms with Gasteiger partial charge in [0.15, 0.2) is 0 Å². The molecule has 0 atom stereocenters. The highest BCUT2D eigenvalue weighted by molar-refractivity contribution is 5.30. The molecule has 0 amide bonds. The zero-order valence-electron chi connectivity index (χ0n) is 9.97. The molecule has 0 radical (unpaired) electrons. The highest BCUT2D eigenvalue weighted by Crippen LogP contribution is 2.00. The first-order valence-corrected chi connectivity index (χ1v) is 5.87. The first-order chi connectivity index (χ1) is 7.76. The average molecular weight is 226 g/mol. The van der Waals surface area contributed by atoms with Crippen LogP contribution in [-0.2, 0) is 6.54 Å². The van der Waals surface area contributed by atoms with Crippen LogP contribution in [0.25, 0.3) is 0 Å². The standard InChI is InChI=1S/C11H22N4O/c1-2-3-4-14(7-8-16)5-6-15-10-11(12)9-13-15/h9-10,16H,2-8,12H2,1H3. The van der Waals surface area contributed by atoms with Gasteiger partial charge in [-0.2, -0.15) is 5.10 Å². The van der Waals surface area contributed by atoms with E-state index in [0.717, 1.165) is 26.2 Å². The zero-order chi connectivity index (χ0) is 11.8. The summed E-state index contributed by atoms with van der Waals surface area (Å²) in [6, 6.07) is 0. The maximum Gasteiger partial charge on any atom is 0.0719 e. The molecule has 0 saturated heterocycles. The Morgan fingerprint density at radius 2 is 2.25 bits per heavy atom. The fourth-order valence-corrected chi connectivity index (χ4v) is 1.60. The van der Waals surface area contributed by atoms with Crippen LogP contribution in [0.5, 0.6) is 0 Å². The number of aliphatic hydroxyl groups excluding tert-OH is 1. The molecule has 5 heteroatoms. The molecule has 0 unspecified atom stereocenters. The number of aromatic nitrogens is 2. The third kappa shape index (κ3) is 4.63. The fourth-order valence-electron chi connectivity index (χ4n) is 1.60. The van der Waals surface area contributed by atoms with Crippen molar-refractivity contribution in [3.8, 4) is 0 Å². The first kappa shape index (κ1) is 13.0. The van der Waals surface area contributed by atoms with Gasteiger partial charge >= 0.3 is 0 Å². The van der Waals surface area contributed by atoms with Crippen LogP contribution in [0.3, 0.4) is 0 Å². The summed E-state index contributed by atoms with van der Waals surface area (Å²) in [5.74, 6) is 0. The smallest absolute Gasteiger partial charge is 0.0719 e. The van der Waals surface area contributed by atoms with Gasteiger partial charge in [-0.25, -0.2) is 0 Å². The van der Waals surface area contributed by atoms with E-state index in [1.54, 1.807) is 6.20 Å². The molecular formula is C11H22N4O. The normalized spacial score (nSPS) is 11.2. The summed E-state index contributed by atoms with van der Waals surface area (Å²) in [5, 5.41) is 13.1. The highest BCUT2D eigenvalue weighted by Gasteiger charge is 2.04. The Labute approximate surface area is 96.9 Å². The number of anilines is 1. The molecule has 1 rings (SSSR count). The number of hydrogen-bond acceptors (Lipinski definition) is 4. The van der Waals surface area contributed by atoms with E-state index in [2.05, 4.69) is 16.9 Å². The summed E-state index contributed by atoms with van der Waals surface area (Å²) in [7, 11) is 0. The van der Waals surface area contributed by atoms with Crippen molar-refractivity contribution in [2.75, 3.05) is 32.0 Å². The number of rotatable bonds is 8. The molecule has 0 aliphatic rings. The minimum absolute atomic E-state index is 0.213. The Bertz CT molecular complexity index is 287. The lowest BCUT2D eigenvalue weighted by molar-refractivity contribution is 0.187. The van der Waals surface area contributed by atoms with Crippen LogP contribution >= 0.6 is 0 Å². The maximum atomic E-state index is 8.95. The molecule has 1 aromatic rings. The molecule has 1 heterocycles. The van der Waals surface area contributed by atoms with Gasteiger partial charge in [-0.15, -0.1) is 0 Å². The third-order valence-corrected chi connectivity index (χ3v) is 2.54. The Morgan fingerprint density at radius 3 is 2.81 bits per heavy atom. The van der Waals surface area contributed by atoms with Crippen LogP contribution in [0, 0.1) is 0 Å². The summed E-state index contributed by atoms with van der Waals surface area (Å²) < 4.78 is 1.84. The summed E-state index contributed by atoms with van der Waals surface area (Å²) in [5.41, 5.74) is 6.28. The Morgan fingerprint density at radius 1 is 1.44 bits per heavy atom. The second-order valence-electron chi connectivity index (χ2n) is 3.96. The number of nitrogen functional groups attached to an aromatic ring is 1. The molecule has 0 bridgehead atoms. The number of hydrogen-bond donors (Lipinski definition) is 2. The maximum absolute atomic E-state index is 8.95. The minimum Gasteiger partial charge on any atom is -0.396 e. The van der Waals surface area contributed by atoms with Crippen LogP contribution in [0.4, 0.5) is 5.69 Å². The second-order valence-corrected chi connectivity index (χ2v) is 3.96. The molecule has 0 aliphatic heterocycles. The summed E-state index contributed by atoms with van der Waals surface area (Å²) in [6.07, 6.45) is 5.83. The van der Waals surface area contributed by atoms with E-state index in [0.29, 0.717) is 5.69 Å². The van der Waals surface area contributed by atoms with E-state index in [1.807, 2.05) is 10.9 Å². The number of aliphatic hydroxyl groups is 1. The van der Waals surface area contributed by atoms with E-state index in [9.17, 15) is 0 Å². The van der Waals surface area contributed by atoms with Crippen molar-refractivity contribution in [3.05, 3.63) is 12.4 Å². The first-order valence-electron chi connectivity index (χ1n) is 5.87. The molecule has 5 nitrogen and oxygen atoms in total. The van der Waals surface area contributed by atoms with Gasteiger partial charge in [0.25, 0.3) is 0 Å². The van der Waals surface area contributed by atoms with Crippen molar-refractivity contribution in [1.82, 2.24) is 14.7 Å². The van der Waals surface area contributed by atoms with Gasteiger partial charge in [-0.3, -0.25) is 9.58 Å². The van der Waals surface area contributed by atoms with E-state index in [4.69, 9.17) is 10.8 Å². The largest absolute Gasteiger partial charge is 0.396 e. The third-order valence-electron chi connectivity index (χ3n) is 2.54. The van der Waals surface area contributed by atoms with Gasteiger partial charge in [0, 0.05) is 19.3 Å². The van der Waals surface area contributed by atoms with Crippen molar-refractivity contribution in [1.29, 1.82) is 0 Å². The summed E-state index contributed by atoms with van der Waals surface area (Å²) in [4.78, 5) is 2.25. The molecule has 0 fully saturated rings. The van der Waals surface area contributed by atoms with Crippen LogP contribution < -0.4 is 5.73 Å². The highest BCUT2D eigenvalue weighted by atomic mass is 16.3. The van der Waals surface area contributed by atoms with E-state index in [-0.39, 0.29) is 6.61 Å². The van der Waals surface area contributed by atoms with Gasteiger partial charge in [0.05, 0.1) is 25.0 Å². The number of nitrogens with zero attached hydrogens (tertiary/aromatic N) is 3. The molecule has 0 aliphatic carbocycles. The van der Waals surface area contributed by atoms with E-state index >= 15 is 0 Å². The molecular weight excluding hydrogens is 204 g/mol. The molecule has 0 aromatic carbocycles. The molecule has 1 aromatic heterocycles. The predicted molar refractivity (Wildman–Crippen MR) is 65.1 cm³/mol. The lowest BCUT2D eigenvalue weighted by Gasteiger charge is -2.20. The van der Waals surface area contributed by atoms with Gasteiger partial charge in [-0.1, -0.05) is 13.3 Å². The molecule has 92 valence electrons. The molecule has 0 spiro atoms. The zero-order valence-corrected chi connectivity index (χ0v) is 9.97. The Kier molecular flexibility index (Phi) is 5.88. The fraction of sp³-hybridized carbons (Fsp3) is 0.727.